The summed E-state index contributed by atoms with van der Waals surface area (Å²) >= 11 is 5.64. The molecule has 0 atom stereocenters. The van der Waals surface area contributed by atoms with E-state index in [0.29, 0.717) is 5.03 Å². The molecule has 0 rings (SSSR count). The minimum atomic E-state index is 0.502. The van der Waals surface area contributed by atoms with Gasteiger partial charge in [0.1, 0.15) is 0 Å². The van der Waals surface area contributed by atoms with Gasteiger partial charge in [0, 0.05) is 19.0 Å². The fourth-order valence-corrected chi connectivity index (χ4v) is 0.571. The Morgan fingerprint density at radius 2 is 2.45 bits per heavy atom. The van der Waals surface area contributed by atoms with Crippen LogP contribution in [0.4, 0.5) is 0 Å². The third kappa shape index (κ3) is 7.06. The molecule has 0 saturated heterocycles. The van der Waals surface area contributed by atoms with Crippen molar-refractivity contribution in [1.82, 2.24) is 5.32 Å². The molecule has 0 aliphatic heterocycles. The van der Waals surface area contributed by atoms with Crippen molar-refractivity contribution in [3.8, 4) is 0 Å². The van der Waals surface area contributed by atoms with Crippen molar-refractivity contribution in [2.24, 2.45) is 4.99 Å². The number of nitrogens with one attached hydrogen (secondary N) is 2. The average Bonchev–Trinajstić information content (AvgIpc) is 2.01. The van der Waals surface area contributed by atoms with Crippen molar-refractivity contribution in [1.29, 1.82) is 5.41 Å². The van der Waals surface area contributed by atoms with E-state index in [4.69, 9.17) is 17.0 Å². The van der Waals surface area contributed by atoms with Crippen molar-refractivity contribution in [3.05, 3.63) is 11.2 Å². The van der Waals surface area contributed by atoms with E-state index < -0.39 is 0 Å². The smallest absolute Gasteiger partial charge is 0.0831 e. The highest BCUT2D eigenvalue weighted by Crippen LogP contribution is 1.94. The first-order valence-electron chi connectivity index (χ1n) is 3.41. The monoisotopic (exact) mass is 173 g/mol. The van der Waals surface area contributed by atoms with E-state index >= 15 is 0 Å². The first kappa shape index (κ1) is 10.2. The largest absolute Gasteiger partial charge is 0.352 e. The van der Waals surface area contributed by atoms with Crippen LogP contribution in [0, 0.1) is 5.41 Å². The molecule has 0 aromatic heterocycles. The summed E-state index contributed by atoms with van der Waals surface area (Å²) in [7, 11) is 0. The zero-order chi connectivity index (χ0) is 8.53. The normalized spacial score (nSPS) is 12.0. The van der Waals surface area contributed by atoms with E-state index in [1.165, 1.54) is 6.20 Å². The van der Waals surface area contributed by atoms with Crippen molar-refractivity contribution < 1.29 is 0 Å². The summed E-state index contributed by atoms with van der Waals surface area (Å²) in [6, 6.07) is 0. The molecule has 2 N–H and O–H groups in total. The van der Waals surface area contributed by atoms with Gasteiger partial charge in [-0.1, -0.05) is 18.5 Å². The van der Waals surface area contributed by atoms with E-state index in [9.17, 15) is 0 Å². The molecule has 0 radical (unpaired) electrons. The van der Waals surface area contributed by atoms with Crippen LogP contribution in [0.3, 0.4) is 0 Å². The highest BCUT2D eigenvalue weighted by molar-refractivity contribution is 6.39. The average molecular weight is 174 g/mol. The summed E-state index contributed by atoms with van der Waals surface area (Å²) in [6.07, 6.45) is 5.14. The lowest BCUT2D eigenvalue weighted by atomic mass is 10.5. The summed E-state index contributed by atoms with van der Waals surface area (Å²) in [6.45, 7) is 2.83. The van der Waals surface area contributed by atoms with Crippen molar-refractivity contribution >= 4 is 24.2 Å². The Balaban J connectivity index is 3.64. The zero-order valence-corrected chi connectivity index (χ0v) is 7.23. The number of aliphatic imine (C=N–C) groups is 1. The van der Waals surface area contributed by atoms with Crippen LogP contribution in [0.25, 0.3) is 0 Å². The van der Waals surface area contributed by atoms with Crippen molar-refractivity contribution in [3.63, 3.8) is 0 Å². The molecule has 0 saturated carbocycles. The van der Waals surface area contributed by atoms with Gasteiger partial charge in [-0.15, -0.1) is 0 Å². The molecular formula is C7H12ClN3. The Bertz CT molecular complexity index is 163. The standard InChI is InChI=1S/C7H12ClN3/c1-2-3-10-4-7(8)5-11-6-9/h4-6H,2-3H2,1H3,(H2,9,11). The maximum absolute atomic E-state index is 6.63. The molecule has 0 aromatic carbocycles. The molecule has 0 aromatic rings. The molecule has 0 amide bonds. The lowest BCUT2D eigenvalue weighted by Crippen LogP contribution is -1.99. The summed E-state index contributed by atoms with van der Waals surface area (Å²) in [5.74, 6) is 0. The molecule has 0 aliphatic rings. The van der Waals surface area contributed by atoms with Crippen LogP contribution in [-0.4, -0.2) is 19.1 Å². The summed E-state index contributed by atoms with van der Waals surface area (Å²) in [5.41, 5.74) is 0. The summed E-state index contributed by atoms with van der Waals surface area (Å²) in [5, 5.41) is 9.66. The molecule has 62 valence electrons. The quantitative estimate of drug-likeness (QED) is 0.483. The summed E-state index contributed by atoms with van der Waals surface area (Å²) < 4.78 is 0. The number of nitrogens with zero attached hydrogens (tertiary/aromatic N) is 1. The molecule has 0 heterocycles. The minimum absolute atomic E-state index is 0.502. The minimum Gasteiger partial charge on any atom is -0.352 e. The molecule has 0 unspecified atom stereocenters. The SMILES string of the molecule is CCCN=CC(Cl)=CNC=N. The van der Waals surface area contributed by atoms with Crippen LogP contribution in [-0.2, 0) is 0 Å². The lowest BCUT2D eigenvalue weighted by Gasteiger charge is -1.88. The fraction of sp³-hybridized carbons (Fsp3) is 0.429. The van der Waals surface area contributed by atoms with Crippen molar-refractivity contribution in [2.45, 2.75) is 13.3 Å². The first-order chi connectivity index (χ1) is 5.31. The molecular weight excluding hydrogens is 162 g/mol. The molecule has 0 spiro atoms. The van der Waals surface area contributed by atoms with Gasteiger partial charge in [-0.25, -0.2) is 0 Å². The second-order valence-corrected chi connectivity index (χ2v) is 2.31. The predicted octanol–water partition coefficient (Wildman–Crippen LogP) is 1.74. The molecule has 4 heteroatoms. The molecule has 11 heavy (non-hydrogen) atoms. The molecule has 3 nitrogen and oxygen atoms in total. The number of hydrogen-bond acceptors (Lipinski definition) is 2. The van der Waals surface area contributed by atoms with Crippen LogP contribution in [0.2, 0.25) is 0 Å². The lowest BCUT2D eigenvalue weighted by molar-refractivity contribution is 0.937. The Kier molecular flexibility index (Phi) is 6.73. The van der Waals surface area contributed by atoms with Gasteiger partial charge in [0.05, 0.1) is 11.4 Å². The van der Waals surface area contributed by atoms with Gasteiger partial charge in [-0.05, 0) is 6.42 Å². The number of rotatable bonds is 5. The second kappa shape index (κ2) is 7.28. The van der Waals surface area contributed by atoms with Gasteiger partial charge >= 0.3 is 0 Å². The van der Waals surface area contributed by atoms with Crippen LogP contribution < -0.4 is 5.32 Å². The fourth-order valence-electron chi connectivity index (χ4n) is 0.439. The van der Waals surface area contributed by atoms with Gasteiger partial charge in [0.2, 0.25) is 0 Å². The number of hydrogen-bond donors (Lipinski definition) is 2. The Hall–Kier alpha value is -0.830. The topological polar surface area (TPSA) is 48.2 Å². The van der Waals surface area contributed by atoms with E-state index in [0.717, 1.165) is 19.3 Å². The predicted molar refractivity (Wildman–Crippen MR) is 49.5 cm³/mol. The van der Waals surface area contributed by atoms with Gasteiger partial charge in [0.15, 0.2) is 0 Å². The first-order valence-corrected chi connectivity index (χ1v) is 3.79. The van der Waals surface area contributed by atoms with Gasteiger partial charge in [-0.2, -0.15) is 0 Å². The van der Waals surface area contributed by atoms with Crippen LogP contribution in [0.1, 0.15) is 13.3 Å². The molecule has 0 bridgehead atoms. The van der Waals surface area contributed by atoms with Crippen molar-refractivity contribution in [2.75, 3.05) is 6.54 Å². The highest BCUT2D eigenvalue weighted by Gasteiger charge is 1.82. The molecule has 0 aliphatic carbocycles. The van der Waals surface area contributed by atoms with E-state index in [-0.39, 0.29) is 0 Å². The van der Waals surface area contributed by atoms with Crippen LogP contribution in [0.15, 0.2) is 16.2 Å². The zero-order valence-electron chi connectivity index (χ0n) is 6.47. The van der Waals surface area contributed by atoms with Crippen LogP contribution in [0.5, 0.6) is 0 Å². The maximum Gasteiger partial charge on any atom is 0.0831 e. The highest BCUT2D eigenvalue weighted by atomic mass is 35.5. The van der Waals surface area contributed by atoms with Crippen LogP contribution >= 0.6 is 11.6 Å². The Morgan fingerprint density at radius 1 is 1.73 bits per heavy atom. The second-order valence-electron chi connectivity index (χ2n) is 1.88. The maximum atomic E-state index is 6.63. The Labute approximate surface area is 71.7 Å². The Morgan fingerprint density at radius 3 is 3.00 bits per heavy atom. The van der Waals surface area contributed by atoms with Gasteiger partial charge in [0.25, 0.3) is 0 Å². The summed E-state index contributed by atoms with van der Waals surface area (Å²) in [4.78, 5) is 4.00. The van der Waals surface area contributed by atoms with Gasteiger partial charge in [-0.3, -0.25) is 10.4 Å². The van der Waals surface area contributed by atoms with E-state index in [1.807, 2.05) is 6.92 Å². The number of halogens is 1. The molecule has 0 fully saturated rings. The number of allylic oxidation sites excluding steroid dienone is 1. The van der Waals surface area contributed by atoms with E-state index in [2.05, 4.69) is 10.3 Å². The third-order valence-corrected chi connectivity index (χ3v) is 1.08. The third-order valence-electron chi connectivity index (χ3n) is 0.872. The van der Waals surface area contributed by atoms with E-state index in [1.54, 1.807) is 6.21 Å². The van der Waals surface area contributed by atoms with Gasteiger partial charge < -0.3 is 5.32 Å².